The number of ketones is 1. The van der Waals surface area contributed by atoms with Crippen molar-refractivity contribution in [3.63, 3.8) is 0 Å². The average molecular weight is 612 g/mol. The molecule has 0 saturated carbocycles. The summed E-state index contributed by atoms with van der Waals surface area (Å²) in [5.74, 6) is -4.17. The number of amides is 1. The van der Waals surface area contributed by atoms with Crippen LogP contribution in [0.25, 0.3) is 0 Å². The second-order valence-electron chi connectivity index (χ2n) is 10.4. The molecule has 222 valence electrons. The molecule has 1 aliphatic carbocycles. The summed E-state index contributed by atoms with van der Waals surface area (Å²) in [5, 5.41) is 22.9. The van der Waals surface area contributed by atoms with Crippen molar-refractivity contribution in [2.45, 2.75) is 62.8 Å². The topological polar surface area (TPSA) is 121 Å². The number of nitrogens with one attached hydrogen (secondary N) is 1. The van der Waals surface area contributed by atoms with Crippen molar-refractivity contribution >= 4 is 46.3 Å². The van der Waals surface area contributed by atoms with Gasteiger partial charge in [0.2, 0.25) is 11.0 Å². The van der Waals surface area contributed by atoms with Crippen LogP contribution in [0, 0.1) is 11.2 Å². The normalized spacial score (nSPS) is 24.6. The van der Waals surface area contributed by atoms with Gasteiger partial charge >= 0.3 is 5.97 Å². The molecule has 7 nitrogen and oxygen atoms in total. The molecule has 2 aromatic rings. The number of hydrogen-bond donors (Lipinski definition) is 3. The minimum absolute atomic E-state index is 0.160. The van der Waals surface area contributed by atoms with Crippen molar-refractivity contribution < 1.29 is 33.8 Å². The highest BCUT2D eigenvalue weighted by molar-refractivity contribution is 8.17. The first-order valence-electron chi connectivity index (χ1n) is 13.9. The van der Waals surface area contributed by atoms with E-state index >= 15 is 0 Å². The molecule has 1 aliphatic heterocycles. The van der Waals surface area contributed by atoms with Crippen LogP contribution in [0.15, 0.2) is 77.2 Å². The Kier molecular flexibility index (Phi) is 10.5. The molecule has 0 saturated heterocycles. The van der Waals surface area contributed by atoms with E-state index in [9.17, 15) is 33.8 Å². The van der Waals surface area contributed by atoms with Gasteiger partial charge in [0.15, 0.2) is 11.8 Å². The van der Waals surface area contributed by atoms with E-state index in [-0.39, 0.29) is 22.2 Å². The summed E-state index contributed by atoms with van der Waals surface area (Å²) in [7, 11) is 0. The Labute approximate surface area is 253 Å². The van der Waals surface area contributed by atoms with E-state index in [0.717, 1.165) is 48.0 Å². The third-order valence-electron chi connectivity index (χ3n) is 7.94. The van der Waals surface area contributed by atoms with Crippen LogP contribution < -0.4 is 5.32 Å². The standard InChI is InChI=1S/C32H34FNO6S2/c1-3-5-17-32(4-2)29(37)25(19-11-7-6-8-12-19)26-22(42-31(32)40)15-16-23(28(26)36)41-18-24(35)34-27(30(38)39)20-13-9-10-14-21(20)33/h6-16,23,25,27,29,37H,3-5,17-18H2,1-2H3,(H,34,35)(H,38,39). The molecule has 3 N–H and O–H groups in total. The van der Waals surface area contributed by atoms with Crippen LogP contribution in [0.1, 0.15) is 62.6 Å². The second kappa shape index (κ2) is 13.8. The Bertz CT molecular complexity index is 1410. The average Bonchev–Trinajstić information content (AvgIpc) is 3.07. The van der Waals surface area contributed by atoms with Crippen LogP contribution in [0.3, 0.4) is 0 Å². The van der Waals surface area contributed by atoms with Crippen molar-refractivity contribution in [2.75, 3.05) is 5.75 Å². The predicted octanol–water partition coefficient (Wildman–Crippen LogP) is 5.57. The number of thioether (sulfide) groups is 2. The van der Waals surface area contributed by atoms with Crippen LogP contribution >= 0.6 is 23.5 Å². The third-order valence-corrected chi connectivity index (χ3v) is 10.3. The lowest BCUT2D eigenvalue weighted by atomic mass is 9.67. The highest BCUT2D eigenvalue weighted by Crippen LogP contribution is 2.53. The lowest BCUT2D eigenvalue weighted by Crippen LogP contribution is -2.44. The number of hydrogen-bond acceptors (Lipinski definition) is 7. The van der Waals surface area contributed by atoms with E-state index < -0.39 is 46.4 Å². The maximum Gasteiger partial charge on any atom is 0.331 e. The fraction of sp³-hybridized carbons (Fsp3) is 0.375. The zero-order valence-electron chi connectivity index (χ0n) is 23.4. The predicted molar refractivity (Wildman–Crippen MR) is 162 cm³/mol. The van der Waals surface area contributed by atoms with Crippen molar-refractivity contribution in [3.05, 3.63) is 94.2 Å². The first-order valence-corrected chi connectivity index (χ1v) is 15.8. The van der Waals surface area contributed by atoms with Crippen molar-refractivity contribution in [1.82, 2.24) is 5.32 Å². The Morgan fingerprint density at radius 3 is 2.43 bits per heavy atom. The van der Waals surface area contributed by atoms with Crippen LogP contribution in [-0.2, 0) is 19.2 Å². The maximum atomic E-state index is 14.2. The van der Waals surface area contributed by atoms with Gasteiger partial charge in [-0.1, -0.05) is 99.1 Å². The van der Waals surface area contributed by atoms with E-state index in [0.29, 0.717) is 23.3 Å². The Balaban J connectivity index is 1.59. The number of rotatable bonds is 11. The Morgan fingerprint density at radius 2 is 1.79 bits per heavy atom. The van der Waals surface area contributed by atoms with Gasteiger partial charge in [-0.2, -0.15) is 0 Å². The summed E-state index contributed by atoms with van der Waals surface area (Å²) in [6.07, 6.45) is 4.74. The fourth-order valence-electron chi connectivity index (χ4n) is 5.58. The number of halogens is 1. The fourth-order valence-corrected chi connectivity index (χ4v) is 7.72. The molecule has 1 amide bonds. The van der Waals surface area contributed by atoms with Crippen LogP contribution in [0.4, 0.5) is 4.39 Å². The molecule has 0 spiro atoms. The number of carboxylic acid groups (broad SMARTS) is 1. The van der Waals surface area contributed by atoms with Gasteiger partial charge in [0.25, 0.3) is 0 Å². The summed E-state index contributed by atoms with van der Waals surface area (Å²) in [6.45, 7) is 3.92. The number of aliphatic hydroxyl groups is 1. The molecular formula is C32H34FNO6S2. The number of unbranched alkanes of at least 4 members (excludes halogenated alkanes) is 1. The summed E-state index contributed by atoms with van der Waals surface area (Å²) < 4.78 is 14.2. The molecule has 10 heteroatoms. The van der Waals surface area contributed by atoms with Crippen molar-refractivity contribution in [1.29, 1.82) is 0 Å². The van der Waals surface area contributed by atoms with Gasteiger partial charge in [0, 0.05) is 22.0 Å². The number of benzene rings is 2. The van der Waals surface area contributed by atoms with E-state index in [1.165, 1.54) is 18.2 Å². The highest BCUT2D eigenvalue weighted by Gasteiger charge is 2.52. The molecule has 42 heavy (non-hydrogen) atoms. The molecule has 0 bridgehead atoms. The molecule has 5 unspecified atom stereocenters. The van der Waals surface area contributed by atoms with E-state index in [4.69, 9.17) is 0 Å². The first-order chi connectivity index (χ1) is 20.1. The SMILES string of the molecule is CCCCC1(CC)C(=O)SC2=C(C(=O)C(SCC(=O)NC(C(=O)O)c3ccccc3F)C=C2)C(c2ccccc2)C1O. The summed E-state index contributed by atoms with van der Waals surface area (Å²) in [4.78, 5) is 52.8. The van der Waals surface area contributed by atoms with Gasteiger partial charge in [0.05, 0.1) is 22.5 Å². The monoisotopic (exact) mass is 611 g/mol. The van der Waals surface area contributed by atoms with E-state index in [1.54, 1.807) is 12.2 Å². The maximum absolute atomic E-state index is 14.2. The Morgan fingerprint density at radius 1 is 1.10 bits per heavy atom. The minimum atomic E-state index is -1.58. The smallest absolute Gasteiger partial charge is 0.331 e. The van der Waals surface area contributed by atoms with Crippen LogP contribution in [-0.4, -0.2) is 50.1 Å². The van der Waals surface area contributed by atoms with Gasteiger partial charge < -0.3 is 15.5 Å². The minimum Gasteiger partial charge on any atom is -0.479 e. The van der Waals surface area contributed by atoms with Gasteiger partial charge in [-0.3, -0.25) is 14.4 Å². The van der Waals surface area contributed by atoms with E-state index in [1.807, 2.05) is 44.2 Å². The van der Waals surface area contributed by atoms with Gasteiger partial charge in [-0.25, -0.2) is 9.18 Å². The van der Waals surface area contributed by atoms with E-state index in [2.05, 4.69) is 5.32 Å². The highest BCUT2D eigenvalue weighted by atomic mass is 32.2. The number of carboxylic acids is 1. The number of Topliss-reactive ketones (excluding diaryl/α,β-unsaturated/α-hetero) is 1. The molecule has 0 radical (unpaired) electrons. The molecular weight excluding hydrogens is 577 g/mol. The lowest BCUT2D eigenvalue weighted by molar-refractivity contribution is -0.141. The molecule has 2 aliphatic rings. The summed E-state index contributed by atoms with van der Waals surface area (Å²) in [5.41, 5.74) is -0.141. The van der Waals surface area contributed by atoms with Crippen molar-refractivity contribution in [2.24, 2.45) is 5.41 Å². The third kappa shape index (κ3) is 6.40. The van der Waals surface area contributed by atoms with Gasteiger partial charge in [-0.05, 0) is 24.5 Å². The molecule has 5 atom stereocenters. The molecule has 4 rings (SSSR count). The zero-order chi connectivity index (χ0) is 30.4. The summed E-state index contributed by atoms with van der Waals surface area (Å²) in [6, 6.07) is 12.9. The number of aliphatic hydroxyl groups excluding tert-OH is 1. The second-order valence-corrected chi connectivity index (χ2v) is 12.6. The summed E-state index contributed by atoms with van der Waals surface area (Å²) >= 11 is 2.00. The number of allylic oxidation sites excluding steroid dienone is 1. The molecule has 2 aromatic carbocycles. The number of aliphatic carboxylic acids is 1. The molecule has 1 heterocycles. The first kappa shape index (κ1) is 31.7. The Hall–Kier alpha value is -3.21. The number of carbonyl (C=O) groups is 4. The van der Waals surface area contributed by atoms with Crippen LogP contribution in [0.5, 0.6) is 0 Å². The van der Waals surface area contributed by atoms with Crippen molar-refractivity contribution in [3.8, 4) is 0 Å². The largest absolute Gasteiger partial charge is 0.479 e. The number of carbonyl (C=O) groups excluding carboxylic acids is 3. The zero-order valence-corrected chi connectivity index (χ0v) is 25.1. The molecule has 0 fully saturated rings. The van der Waals surface area contributed by atoms with Gasteiger partial charge in [0.1, 0.15) is 5.82 Å². The molecule has 0 aromatic heterocycles. The van der Waals surface area contributed by atoms with Crippen LogP contribution in [0.2, 0.25) is 0 Å². The van der Waals surface area contributed by atoms with Gasteiger partial charge in [-0.15, -0.1) is 11.8 Å². The lowest BCUT2D eigenvalue weighted by Gasteiger charge is -2.39. The quantitative estimate of drug-likeness (QED) is 0.302.